The molecule has 0 saturated carbocycles. The van der Waals surface area contributed by atoms with E-state index in [9.17, 15) is 9.13 Å². The fourth-order valence-corrected chi connectivity index (χ4v) is 6.30. The number of benzene rings is 2. The van der Waals surface area contributed by atoms with Crippen molar-refractivity contribution in [3.63, 3.8) is 0 Å². The molecule has 34 heavy (non-hydrogen) atoms. The largest absolute Gasteiger partial charge is 0.443 e. The number of rotatable bonds is 13. The van der Waals surface area contributed by atoms with Crippen molar-refractivity contribution in [1.82, 2.24) is 20.3 Å². The van der Waals surface area contributed by atoms with Crippen LogP contribution in [-0.4, -0.2) is 6.04 Å². The van der Waals surface area contributed by atoms with Gasteiger partial charge in [0, 0.05) is 23.1 Å². The Balaban J connectivity index is 2.16. The minimum atomic E-state index is -3.45. The summed E-state index contributed by atoms with van der Waals surface area (Å²) < 4.78 is 37.5. The van der Waals surface area contributed by atoms with Gasteiger partial charge >= 0.3 is 15.3 Å². The van der Waals surface area contributed by atoms with E-state index in [-0.39, 0.29) is 6.04 Å². The van der Waals surface area contributed by atoms with E-state index in [2.05, 4.69) is 40.1 Å². The SMILES string of the molecule is C=C(C)NP(=O)(NC(=C)C)Oc1ccc(-c2ccc(OP(=O)(NC(=C)C)NC(C)C)cc2)cc1. The number of nitrogens with one attached hydrogen (secondary N) is 4. The third-order valence-corrected chi connectivity index (χ3v) is 7.77. The average Bonchev–Trinajstić information content (AvgIpc) is 2.66. The first-order valence-electron chi connectivity index (χ1n) is 10.7. The molecule has 184 valence electrons. The van der Waals surface area contributed by atoms with E-state index in [4.69, 9.17) is 9.05 Å². The van der Waals surface area contributed by atoms with Crippen LogP contribution in [0.4, 0.5) is 0 Å². The Hall–Kier alpha value is -2.92. The number of hydrogen-bond acceptors (Lipinski definition) is 4. The second-order valence-corrected chi connectivity index (χ2v) is 11.8. The van der Waals surface area contributed by atoms with E-state index in [0.29, 0.717) is 28.6 Å². The smallest absolute Gasteiger partial charge is 0.418 e. The van der Waals surface area contributed by atoms with Gasteiger partial charge in [-0.15, -0.1) is 0 Å². The zero-order chi connectivity index (χ0) is 25.5. The molecule has 2 aromatic carbocycles. The van der Waals surface area contributed by atoms with E-state index in [1.807, 2.05) is 38.1 Å². The summed E-state index contributed by atoms with van der Waals surface area (Å²) in [6, 6.07) is 14.3. The molecule has 0 heterocycles. The summed E-state index contributed by atoms with van der Waals surface area (Å²) in [6.45, 7) is 20.1. The van der Waals surface area contributed by atoms with Crippen molar-refractivity contribution in [2.24, 2.45) is 0 Å². The van der Waals surface area contributed by atoms with Gasteiger partial charge in [-0.2, -0.15) is 0 Å². The highest BCUT2D eigenvalue weighted by Gasteiger charge is 2.26. The average molecular weight is 505 g/mol. The van der Waals surface area contributed by atoms with Gasteiger partial charge in [-0.25, -0.2) is 14.2 Å². The van der Waals surface area contributed by atoms with Gasteiger partial charge in [0.25, 0.3) is 0 Å². The first kappa shape index (κ1) is 27.3. The Morgan fingerprint density at radius 2 is 1.00 bits per heavy atom. The lowest BCUT2D eigenvalue weighted by atomic mass is 10.1. The van der Waals surface area contributed by atoms with Gasteiger partial charge in [-0.3, -0.25) is 15.3 Å². The third-order valence-electron chi connectivity index (χ3n) is 3.95. The molecule has 10 heteroatoms. The maximum atomic E-state index is 13.1. The number of hydrogen-bond donors (Lipinski definition) is 4. The lowest BCUT2D eigenvalue weighted by Crippen LogP contribution is -2.29. The van der Waals surface area contributed by atoms with Crippen LogP contribution in [0.3, 0.4) is 0 Å². The topological polar surface area (TPSA) is 101 Å². The van der Waals surface area contributed by atoms with E-state index in [1.165, 1.54) is 0 Å². The summed E-state index contributed by atoms with van der Waals surface area (Å²) in [5, 5.41) is 11.2. The molecule has 0 radical (unpaired) electrons. The van der Waals surface area contributed by atoms with Crippen molar-refractivity contribution in [1.29, 1.82) is 0 Å². The Bertz CT molecular complexity index is 1110. The summed E-state index contributed by atoms with van der Waals surface area (Å²) in [4.78, 5) is 0. The lowest BCUT2D eigenvalue weighted by Gasteiger charge is -2.23. The van der Waals surface area contributed by atoms with Crippen LogP contribution in [0.1, 0.15) is 34.6 Å². The molecule has 0 amide bonds. The van der Waals surface area contributed by atoms with E-state index < -0.39 is 15.3 Å². The van der Waals surface area contributed by atoms with E-state index in [1.54, 1.807) is 45.0 Å². The van der Waals surface area contributed by atoms with Crippen molar-refractivity contribution in [2.75, 3.05) is 0 Å². The van der Waals surface area contributed by atoms with Gasteiger partial charge in [0.2, 0.25) is 0 Å². The van der Waals surface area contributed by atoms with Gasteiger partial charge in [0.05, 0.1) is 0 Å². The molecule has 0 aliphatic carbocycles. The normalized spacial score (nSPS) is 12.9. The van der Waals surface area contributed by atoms with Gasteiger partial charge in [0.15, 0.2) is 0 Å². The summed E-state index contributed by atoms with van der Waals surface area (Å²) in [6.07, 6.45) is 0. The highest BCUT2D eigenvalue weighted by Crippen LogP contribution is 2.42. The Morgan fingerprint density at radius 3 is 1.32 bits per heavy atom. The highest BCUT2D eigenvalue weighted by molar-refractivity contribution is 7.55. The third kappa shape index (κ3) is 8.79. The molecule has 8 nitrogen and oxygen atoms in total. The molecular weight excluding hydrogens is 470 g/mol. The summed E-state index contributed by atoms with van der Waals surface area (Å²) in [5.41, 5.74) is 3.38. The second kappa shape index (κ2) is 11.5. The standard InChI is InChI=1S/C24H34N4O4P2/c1-17(2)25-33(29,26-18(3)4)31-23-13-9-21(10-14-23)22-11-15-24(16-12-22)32-34(30,27-19(5)6)28-20(7)8/h9-16,20H,1,3,5H2,2,4,6-8H3,(H2,25,26,29)(H2,27,28,30). The second-order valence-electron chi connectivity index (χ2n) is 8.29. The van der Waals surface area contributed by atoms with Gasteiger partial charge < -0.3 is 9.05 Å². The molecular formula is C24H34N4O4P2. The van der Waals surface area contributed by atoms with Crippen molar-refractivity contribution in [3.05, 3.63) is 85.4 Å². The van der Waals surface area contributed by atoms with Crippen LogP contribution < -0.4 is 29.4 Å². The molecule has 0 bridgehead atoms. The molecule has 0 aromatic heterocycles. The minimum Gasteiger partial charge on any atom is -0.418 e. The monoisotopic (exact) mass is 504 g/mol. The first-order chi connectivity index (χ1) is 15.8. The molecule has 2 aromatic rings. The molecule has 0 fully saturated rings. The van der Waals surface area contributed by atoms with Crippen molar-refractivity contribution >= 4 is 15.3 Å². The zero-order valence-electron chi connectivity index (χ0n) is 20.3. The molecule has 0 saturated heterocycles. The van der Waals surface area contributed by atoms with E-state index in [0.717, 1.165) is 11.1 Å². The molecule has 1 unspecified atom stereocenters. The molecule has 4 N–H and O–H groups in total. The predicted molar refractivity (Wildman–Crippen MR) is 140 cm³/mol. The molecule has 0 spiro atoms. The minimum absolute atomic E-state index is 0.0517. The highest BCUT2D eigenvalue weighted by atomic mass is 31.2. The summed E-state index contributed by atoms with van der Waals surface area (Å²) >= 11 is 0. The lowest BCUT2D eigenvalue weighted by molar-refractivity contribution is 0.450. The van der Waals surface area contributed by atoms with Gasteiger partial charge in [0.1, 0.15) is 11.5 Å². The van der Waals surface area contributed by atoms with Gasteiger partial charge in [-0.1, -0.05) is 44.0 Å². The van der Waals surface area contributed by atoms with Crippen LogP contribution in [0.2, 0.25) is 0 Å². The summed E-state index contributed by atoms with van der Waals surface area (Å²) in [5.74, 6) is 0.868. The maximum absolute atomic E-state index is 13.1. The van der Waals surface area contributed by atoms with E-state index >= 15 is 0 Å². The molecule has 0 aliphatic heterocycles. The van der Waals surface area contributed by atoms with Crippen LogP contribution in [0.25, 0.3) is 11.1 Å². The van der Waals surface area contributed by atoms with Crippen molar-refractivity contribution in [3.8, 4) is 22.6 Å². The van der Waals surface area contributed by atoms with Crippen molar-refractivity contribution in [2.45, 2.75) is 40.7 Å². The molecule has 1 atom stereocenters. The first-order valence-corrected chi connectivity index (χ1v) is 13.9. The van der Waals surface area contributed by atoms with Crippen molar-refractivity contribution < 1.29 is 18.2 Å². The Morgan fingerprint density at radius 1 is 0.676 bits per heavy atom. The molecule has 0 aliphatic rings. The zero-order valence-corrected chi connectivity index (χ0v) is 22.1. The fourth-order valence-electron chi connectivity index (χ4n) is 2.96. The van der Waals surface area contributed by atoms with Crippen LogP contribution in [-0.2, 0) is 9.13 Å². The van der Waals surface area contributed by atoms with Crippen LogP contribution >= 0.6 is 15.3 Å². The van der Waals surface area contributed by atoms with Crippen LogP contribution in [0.5, 0.6) is 11.5 Å². The predicted octanol–water partition coefficient (Wildman–Crippen LogP) is 6.70. The maximum Gasteiger partial charge on any atom is 0.443 e. The Labute approximate surface area is 202 Å². The van der Waals surface area contributed by atoms with Crippen LogP contribution in [0, 0.1) is 0 Å². The molecule has 2 rings (SSSR count). The Kier molecular flexibility index (Phi) is 9.22. The number of allylic oxidation sites excluding steroid dienone is 3. The van der Waals surface area contributed by atoms with Crippen LogP contribution in [0.15, 0.2) is 85.4 Å². The van der Waals surface area contributed by atoms with Gasteiger partial charge in [-0.05, 0) is 70.0 Å². The quantitative estimate of drug-likeness (QED) is 0.224. The summed E-state index contributed by atoms with van der Waals surface area (Å²) in [7, 11) is -6.80. The fraction of sp³-hybridized carbons (Fsp3) is 0.250.